The molecular formula is C11H15N3O2S. The number of rotatable bonds is 5. The van der Waals surface area contributed by atoms with Crippen LogP contribution in [0, 0.1) is 0 Å². The highest BCUT2D eigenvalue weighted by molar-refractivity contribution is 7.13. The molecule has 2 rings (SSSR count). The molecule has 6 heteroatoms. The smallest absolute Gasteiger partial charge is 0.268 e. The minimum Gasteiger partial charge on any atom is -0.379 e. The number of hydrogen-bond donors (Lipinski definition) is 1. The number of hydrogen-bond acceptors (Lipinski definition) is 6. The van der Waals surface area contributed by atoms with Crippen LogP contribution in [-0.4, -0.2) is 23.4 Å². The molecular weight excluding hydrogens is 238 g/mol. The van der Waals surface area contributed by atoms with Crippen molar-refractivity contribution in [2.45, 2.75) is 19.4 Å². The summed E-state index contributed by atoms with van der Waals surface area (Å²) in [6.07, 6.45) is 0. The van der Waals surface area contributed by atoms with Gasteiger partial charge in [0.05, 0.1) is 11.5 Å². The van der Waals surface area contributed by atoms with Crippen molar-refractivity contribution in [1.29, 1.82) is 0 Å². The van der Waals surface area contributed by atoms with Crippen LogP contribution in [0.1, 0.15) is 19.7 Å². The van der Waals surface area contributed by atoms with Crippen LogP contribution in [0.2, 0.25) is 0 Å². The Balaban J connectivity index is 2.18. The number of ether oxygens (including phenoxy) is 1. The third-order valence-corrected chi connectivity index (χ3v) is 3.13. The summed E-state index contributed by atoms with van der Waals surface area (Å²) in [7, 11) is 0. The highest BCUT2D eigenvalue weighted by Crippen LogP contribution is 2.25. The quantitative estimate of drug-likeness (QED) is 0.882. The average molecular weight is 253 g/mol. The SMILES string of the molecule is CCOCC(C)(N)c1noc(-c2cccs2)n1. The largest absolute Gasteiger partial charge is 0.379 e. The van der Waals surface area contributed by atoms with E-state index in [1.807, 2.05) is 31.4 Å². The van der Waals surface area contributed by atoms with E-state index in [1.165, 1.54) is 0 Å². The zero-order chi connectivity index (χ0) is 12.3. The molecule has 0 aliphatic heterocycles. The Morgan fingerprint density at radius 2 is 2.41 bits per heavy atom. The average Bonchev–Trinajstić information content (AvgIpc) is 2.95. The zero-order valence-electron chi connectivity index (χ0n) is 9.84. The van der Waals surface area contributed by atoms with Gasteiger partial charge in [0, 0.05) is 6.61 Å². The normalized spacial score (nSPS) is 14.8. The van der Waals surface area contributed by atoms with Gasteiger partial charge in [0.25, 0.3) is 5.89 Å². The minimum absolute atomic E-state index is 0.368. The molecule has 0 aliphatic carbocycles. The van der Waals surface area contributed by atoms with Crippen LogP contribution in [0.5, 0.6) is 0 Å². The zero-order valence-corrected chi connectivity index (χ0v) is 10.7. The van der Waals surface area contributed by atoms with Gasteiger partial charge in [-0.05, 0) is 25.3 Å². The maximum Gasteiger partial charge on any atom is 0.268 e. The Hall–Kier alpha value is -1.24. The van der Waals surface area contributed by atoms with Crippen LogP contribution < -0.4 is 5.73 Å². The first-order valence-electron chi connectivity index (χ1n) is 5.38. The Kier molecular flexibility index (Phi) is 3.56. The Labute approximate surface area is 104 Å². The summed E-state index contributed by atoms with van der Waals surface area (Å²) in [5.41, 5.74) is 5.36. The van der Waals surface area contributed by atoms with Gasteiger partial charge in [-0.25, -0.2) is 0 Å². The Bertz CT molecular complexity index is 465. The van der Waals surface area contributed by atoms with E-state index in [-0.39, 0.29) is 0 Å². The molecule has 0 spiro atoms. The predicted octanol–water partition coefficient (Wildman–Crippen LogP) is 2.01. The first-order chi connectivity index (χ1) is 8.13. The summed E-state index contributed by atoms with van der Waals surface area (Å²) in [5, 5.41) is 5.87. The van der Waals surface area contributed by atoms with E-state index in [2.05, 4.69) is 10.1 Å². The molecule has 0 bridgehead atoms. The molecule has 2 aromatic heterocycles. The van der Waals surface area contributed by atoms with Gasteiger partial charge in [-0.3, -0.25) is 0 Å². The third-order valence-electron chi connectivity index (χ3n) is 2.27. The van der Waals surface area contributed by atoms with Gasteiger partial charge in [0.1, 0.15) is 5.54 Å². The molecule has 1 unspecified atom stereocenters. The number of nitrogens with two attached hydrogens (primary N) is 1. The highest BCUT2D eigenvalue weighted by atomic mass is 32.1. The van der Waals surface area contributed by atoms with Gasteiger partial charge in [-0.15, -0.1) is 11.3 Å². The summed E-state index contributed by atoms with van der Waals surface area (Å²) in [6.45, 7) is 4.73. The number of nitrogens with zero attached hydrogens (tertiary/aromatic N) is 2. The van der Waals surface area contributed by atoms with E-state index in [9.17, 15) is 0 Å². The van der Waals surface area contributed by atoms with Gasteiger partial charge in [-0.1, -0.05) is 11.2 Å². The van der Waals surface area contributed by atoms with Crippen molar-refractivity contribution >= 4 is 11.3 Å². The van der Waals surface area contributed by atoms with E-state index in [1.54, 1.807) is 11.3 Å². The lowest BCUT2D eigenvalue weighted by Crippen LogP contribution is -2.39. The van der Waals surface area contributed by atoms with Crippen LogP contribution in [0.3, 0.4) is 0 Å². The molecule has 0 aromatic carbocycles. The molecule has 2 heterocycles. The summed E-state index contributed by atoms with van der Waals surface area (Å²) in [4.78, 5) is 5.25. The molecule has 0 saturated heterocycles. The first-order valence-corrected chi connectivity index (χ1v) is 6.26. The molecule has 2 N–H and O–H groups in total. The van der Waals surface area contributed by atoms with E-state index in [0.29, 0.717) is 24.9 Å². The second-order valence-corrected chi connectivity index (χ2v) is 4.90. The standard InChI is InChI=1S/C11H15N3O2S/c1-3-15-7-11(2,12)10-13-9(16-14-10)8-5-4-6-17-8/h4-6H,3,7,12H2,1-2H3. The lowest BCUT2D eigenvalue weighted by atomic mass is 10.1. The highest BCUT2D eigenvalue weighted by Gasteiger charge is 2.28. The number of thiophene rings is 1. The minimum atomic E-state index is -0.727. The van der Waals surface area contributed by atoms with Crippen LogP contribution in [-0.2, 0) is 10.3 Å². The van der Waals surface area contributed by atoms with Crippen molar-refractivity contribution in [2.24, 2.45) is 5.73 Å². The van der Waals surface area contributed by atoms with E-state index >= 15 is 0 Å². The molecule has 17 heavy (non-hydrogen) atoms. The Morgan fingerprint density at radius 1 is 1.59 bits per heavy atom. The Morgan fingerprint density at radius 3 is 3.06 bits per heavy atom. The van der Waals surface area contributed by atoms with Crippen molar-refractivity contribution in [3.05, 3.63) is 23.3 Å². The summed E-state index contributed by atoms with van der Waals surface area (Å²) in [5.74, 6) is 0.970. The fourth-order valence-electron chi connectivity index (χ4n) is 1.33. The van der Waals surface area contributed by atoms with Crippen molar-refractivity contribution < 1.29 is 9.26 Å². The molecule has 0 aliphatic rings. The molecule has 0 amide bonds. The van der Waals surface area contributed by atoms with Gasteiger partial charge >= 0.3 is 0 Å². The van der Waals surface area contributed by atoms with Crippen LogP contribution >= 0.6 is 11.3 Å². The van der Waals surface area contributed by atoms with Crippen LogP contribution in [0.15, 0.2) is 22.0 Å². The maximum atomic E-state index is 6.08. The van der Waals surface area contributed by atoms with E-state index in [4.69, 9.17) is 15.0 Å². The van der Waals surface area contributed by atoms with Gasteiger partial charge in [-0.2, -0.15) is 4.98 Å². The van der Waals surface area contributed by atoms with Crippen molar-refractivity contribution in [1.82, 2.24) is 10.1 Å². The fourth-order valence-corrected chi connectivity index (χ4v) is 1.98. The third kappa shape index (κ3) is 2.71. The predicted molar refractivity (Wildman–Crippen MR) is 65.6 cm³/mol. The first kappa shape index (κ1) is 12.2. The lowest BCUT2D eigenvalue weighted by Gasteiger charge is -2.19. The fraction of sp³-hybridized carbons (Fsp3) is 0.455. The summed E-state index contributed by atoms with van der Waals surface area (Å²) < 4.78 is 10.5. The van der Waals surface area contributed by atoms with Gasteiger partial charge < -0.3 is 15.0 Å². The molecule has 0 fully saturated rings. The number of aromatic nitrogens is 2. The summed E-state index contributed by atoms with van der Waals surface area (Å²) >= 11 is 1.55. The lowest BCUT2D eigenvalue weighted by molar-refractivity contribution is 0.0962. The molecule has 2 aromatic rings. The topological polar surface area (TPSA) is 74.2 Å². The van der Waals surface area contributed by atoms with Crippen molar-refractivity contribution in [3.63, 3.8) is 0 Å². The second-order valence-electron chi connectivity index (χ2n) is 3.96. The van der Waals surface area contributed by atoms with Crippen LogP contribution in [0.4, 0.5) is 0 Å². The molecule has 0 saturated carbocycles. The summed E-state index contributed by atoms with van der Waals surface area (Å²) in [6, 6.07) is 3.87. The molecule has 92 valence electrons. The second kappa shape index (κ2) is 4.95. The monoisotopic (exact) mass is 253 g/mol. The molecule has 5 nitrogen and oxygen atoms in total. The molecule has 0 radical (unpaired) electrons. The van der Waals surface area contributed by atoms with Gasteiger partial charge in [0.2, 0.25) is 0 Å². The maximum absolute atomic E-state index is 6.08. The van der Waals surface area contributed by atoms with Crippen molar-refractivity contribution in [3.8, 4) is 10.8 Å². The van der Waals surface area contributed by atoms with Crippen LogP contribution in [0.25, 0.3) is 10.8 Å². The molecule has 1 atom stereocenters. The van der Waals surface area contributed by atoms with Crippen molar-refractivity contribution in [2.75, 3.05) is 13.2 Å². The van der Waals surface area contributed by atoms with E-state index < -0.39 is 5.54 Å². The van der Waals surface area contributed by atoms with E-state index in [0.717, 1.165) is 4.88 Å². The van der Waals surface area contributed by atoms with Gasteiger partial charge in [0.15, 0.2) is 5.82 Å².